The monoisotopic (exact) mass is 715 g/mol. The third-order valence-electron chi connectivity index (χ3n) is 9.23. The molecule has 5 aromatic carbocycles. The van der Waals surface area contributed by atoms with Gasteiger partial charge in [0.1, 0.15) is 5.82 Å². The van der Waals surface area contributed by atoms with E-state index in [2.05, 4.69) is 177 Å². The topological polar surface area (TPSA) is 38.7 Å². The van der Waals surface area contributed by atoms with Crippen molar-refractivity contribution in [1.82, 2.24) is 15.0 Å². The summed E-state index contributed by atoms with van der Waals surface area (Å²) in [6.07, 6.45) is 11.9. The molecule has 3 nitrogen and oxygen atoms in total. The maximum absolute atomic E-state index is 4.98. The van der Waals surface area contributed by atoms with Crippen LogP contribution < -0.4 is 5.30 Å². The van der Waals surface area contributed by atoms with Gasteiger partial charge in [-0.2, -0.15) is 0 Å². The fraction of sp³-hybridized carbons (Fsp3) is 0.286. The van der Waals surface area contributed by atoms with Crippen LogP contribution in [0.25, 0.3) is 55.8 Å². The largest absolute Gasteiger partial charge is 0.212 e. The number of rotatable bonds is 11. The Morgan fingerprint density at radius 1 is 0.547 bits per heavy atom. The molecule has 0 fully saturated rings. The van der Waals surface area contributed by atoms with E-state index in [0.717, 1.165) is 23.4 Å². The quantitative estimate of drug-likeness (QED) is 0.0990. The van der Waals surface area contributed by atoms with E-state index in [1.165, 1.54) is 50.7 Å². The van der Waals surface area contributed by atoms with Crippen molar-refractivity contribution in [1.29, 1.82) is 0 Å². The molecule has 0 aliphatic carbocycles. The lowest BCUT2D eigenvalue weighted by molar-refractivity contribution is 0.460. The van der Waals surface area contributed by atoms with E-state index < -0.39 is 0 Å². The van der Waals surface area contributed by atoms with Gasteiger partial charge in [-0.15, -0.1) is 0 Å². The number of aromatic nitrogens is 3. The van der Waals surface area contributed by atoms with Crippen molar-refractivity contribution in [2.24, 2.45) is 10.8 Å². The van der Waals surface area contributed by atoms with Crippen LogP contribution >= 0.6 is 7.92 Å². The maximum Gasteiger partial charge on any atom is 0.163 e. The molecule has 0 saturated carbocycles. The third kappa shape index (κ3) is 9.83. The van der Waals surface area contributed by atoms with Crippen molar-refractivity contribution >= 4 is 24.0 Å². The number of benzene rings is 5. The summed E-state index contributed by atoms with van der Waals surface area (Å²) in [6.45, 7) is 18.5. The summed E-state index contributed by atoms with van der Waals surface area (Å²) in [5, 5.41) is 4.01. The van der Waals surface area contributed by atoms with Crippen LogP contribution in [-0.2, 0) is 0 Å². The molecule has 0 spiro atoms. The van der Waals surface area contributed by atoms with Gasteiger partial charge in [-0.05, 0) is 67.9 Å². The Hall–Kier alpha value is -4.72. The third-order valence-corrected chi connectivity index (χ3v) is 12.9. The molecule has 1 aromatic heterocycles. The molecule has 0 aliphatic rings. The fourth-order valence-corrected chi connectivity index (χ4v) is 10.1. The van der Waals surface area contributed by atoms with Crippen LogP contribution in [0.2, 0.25) is 0 Å². The SMILES string of the molecule is CC/C=C\C=C/C(C)c1nc(-c2ccccc2)nc(-c2ccc(-c3ccc(-c4ccc(P(CC(C)(C)C)CC(C)(C)C)cc4)c4ccccc34)cc2)n1. The summed E-state index contributed by atoms with van der Waals surface area (Å²) >= 11 is 0. The van der Waals surface area contributed by atoms with E-state index in [4.69, 9.17) is 15.0 Å². The predicted octanol–water partition coefficient (Wildman–Crippen LogP) is 13.5. The Morgan fingerprint density at radius 2 is 1.02 bits per heavy atom. The van der Waals surface area contributed by atoms with Crippen LogP contribution in [-0.4, -0.2) is 27.3 Å². The first-order valence-corrected chi connectivity index (χ1v) is 20.7. The van der Waals surface area contributed by atoms with Crippen LogP contribution in [0.15, 0.2) is 140 Å². The lowest BCUT2D eigenvalue weighted by Crippen LogP contribution is -2.22. The molecule has 0 amide bonds. The smallest absolute Gasteiger partial charge is 0.163 e. The lowest BCUT2D eigenvalue weighted by atomic mass is 9.92. The van der Waals surface area contributed by atoms with Crippen molar-refractivity contribution in [3.05, 3.63) is 145 Å². The Kier molecular flexibility index (Phi) is 11.9. The molecule has 4 heteroatoms. The highest BCUT2D eigenvalue weighted by Crippen LogP contribution is 2.46. The molecular weight excluding hydrogens is 662 g/mol. The summed E-state index contributed by atoms with van der Waals surface area (Å²) in [4.78, 5) is 14.8. The van der Waals surface area contributed by atoms with E-state index in [9.17, 15) is 0 Å². The second kappa shape index (κ2) is 16.5. The molecule has 0 N–H and O–H groups in total. The summed E-state index contributed by atoms with van der Waals surface area (Å²) in [6, 6.07) is 41.7. The zero-order valence-electron chi connectivity index (χ0n) is 32.8. The number of fused-ring (bicyclic) bond motifs is 1. The molecule has 0 aliphatic heterocycles. The van der Waals surface area contributed by atoms with Crippen LogP contribution in [0, 0.1) is 10.8 Å². The van der Waals surface area contributed by atoms with Gasteiger partial charge in [0.05, 0.1) is 0 Å². The second-order valence-electron chi connectivity index (χ2n) is 16.5. The molecule has 0 bridgehead atoms. The first-order chi connectivity index (χ1) is 25.4. The van der Waals surface area contributed by atoms with Crippen LogP contribution in [0.3, 0.4) is 0 Å². The highest BCUT2D eigenvalue weighted by molar-refractivity contribution is 7.65. The Morgan fingerprint density at radius 3 is 1.53 bits per heavy atom. The summed E-state index contributed by atoms with van der Waals surface area (Å²) in [5.41, 5.74) is 7.47. The van der Waals surface area contributed by atoms with Crippen molar-refractivity contribution < 1.29 is 0 Å². The average molecular weight is 716 g/mol. The molecule has 270 valence electrons. The van der Waals surface area contributed by atoms with Gasteiger partial charge in [0.15, 0.2) is 11.6 Å². The van der Waals surface area contributed by atoms with Gasteiger partial charge in [-0.3, -0.25) is 0 Å². The molecule has 1 unspecified atom stereocenters. The molecule has 6 rings (SSSR count). The number of nitrogens with zero attached hydrogens (tertiary/aromatic N) is 3. The predicted molar refractivity (Wildman–Crippen MR) is 231 cm³/mol. The average Bonchev–Trinajstić information content (AvgIpc) is 3.15. The first kappa shape index (κ1) is 38.0. The van der Waals surface area contributed by atoms with Crippen LogP contribution in [0.4, 0.5) is 0 Å². The summed E-state index contributed by atoms with van der Waals surface area (Å²) in [5.74, 6) is 2.17. The van der Waals surface area contributed by atoms with Gasteiger partial charge in [0.25, 0.3) is 0 Å². The molecular formula is C49H54N3P. The van der Waals surface area contributed by atoms with E-state index in [1.807, 2.05) is 18.2 Å². The second-order valence-corrected chi connectivity index (χ2v) is 18.8. The van der Waals surface area contributed by atoms with Gasteiger partial charge in [0.2, 0.25) is 0 Å². The number of allylic oxidation sites excluding steroid dienone is 4. The van der Waals surface area contributed by atoms with E-state index in [0.29, 0.717) is 22.5 Å². The maximum atomic E-state index is 4.98. The van der Waals surface area contributed by atoms with Crippen LogP contribution in [0.5, 0.6) is 0 Å². The van der Waals surface area contributed by atoms with Crippen molar-refractivity contribution in [2.75, 3.05) is 12.3 Å². The van der Waals surface area contributed by atoms with Gasteiger partial charge in [-0.25, -0.2) is 15.0 Å². The van der Waals surface area contributed by atoms with Gasteiger partial charge < -0.3 is 0 Å². The van der Waals surface area contributed by atoms with Gasteiger partial charge in [-0.1, -0.05) is 203 Å². The highest BCUT2D eigenvalue weighted by atomic mass is 31.1. The van der Waals surface area contributed by atoms with E-state index >= 15 is 0 Å². The molecule has 53 heavy (non-hydrogen) atoms. The van der Waals surface area contributed by atoms with E-state index in [-0.39, 0.29) is 13.8 Å². The minimum absolute atomic E-state index is 0.0375. The van der Waals surface area contributed by atoms with Gasteiger partial charge in [0, 0.05) is 17.0 Å². The molecule has 0 saturated heterocycles. The zero-order valence-corrected chi connectivity index (χ0v) is 33.7. The standard InChI is InChI=1S/C49H54N3P/c1-9-10-11-13-18-35(2)45-50-46(38-19-14-12-15-20-38)52-47(51-45)39-25-23-36(24-26-39)41-31-32-42(44-22-17-16-21-43(41)44)37-27-29-40(30-28-37)53(33-48(3,4)5)34-49(6,7)8/h10-32,35H,9,33-34H2,1-8H3/b11-10-,18-13-. The molecule has 6 aromatic rings. The Labute approximate surface area is 319 Å². The van der Waals surface area contributed by atoms with Crippen molar-refractivity contribution in [3.8, 4) is 45.0 Å². The normalized spacial score (nSPS) is 13.1. The van der Waals surface area contributed by atoms with E-state index in [1.54, 1.807) is 0 Å². The molecule has 0 radical (unpaired) electrons. The lowest BCUT2D eigenvalue weighted by Gasteiger charge is -2.32. The Balaban J connectivity index is 1.32. The Bertz CT molecular complexity index is 2170. The zero-order chi connectivity index (χ0) is 37.6. The number of hydrogen-bond donors (Lipinski definition) is 0. The fourth-order valence-electron chi connectivity index (χ4n) is 6.81. The van der Waals surface area contributed by atoms with Crippen molar-refractivity contribution in [3.63, 3.8) is 0 Å². The summed E-state index contributed by atoms with van der Waals surface area (Å²) in [7, 11) is -0.244. The minimum atomic E-state index is -0.244. The van der Waals surface area contributed by atoms with Crippen molar-refractivity contribution in [2.45, 2.75) is 67.7 Å². The minimum Gasteiger partial charge on any atom is -0.212 e. The van der Waals surface area contributed by atoms with Crippen LogP contribution in [0.1, 0.15) is 73.6 Å². The molecule has 1 atom stereocenters. The first-order valence-electron chi connectivity index (χ1n) is 19.0. The molecule has 1 heterocycles. The highest BCUT2D eigenvalue weighted by Gasteiger charge is 2.25. The van der Waals surface area contributed by atoms with Gasteiger partial charge >= 0.3 is 0 Å². The summed E-state index contributed by atoms with van der Waals surface area (Å²) < 4.78 is 0. The number of hydrogen-bond acceptors (Lipinski definition) is 3.